The largest absolute Gasteiger partial charge is 0.385 e. The van der Waals surface area contributed by atoms with Crippen molar-refractivity contribution in [2.24, 2.45) is 5.73 Å². The van der Waals surface area contributed by atoms with E-state index in [2.05, 4.69) is 17.5 Å². The first kappa shape index (κ1) is 9.60. The second kappa shape index (κ2) is 3.95. The van der Waals surface area contributed by atoms with Gasteiger partial charge in [-0.2, -0.15) is 0 Å². The topological polar surface area (TPSA) is 55.1 Å². The Morgan fingerprint density at radius 3 is 2.38 bits per heavy atom. The summed E-state index contributed by atoms with van der Waals surface area (Å²) in [5, 5.41) is 2.40. The van der Waals surface area contributed by atoms with E-state index in [-0.39, 0.29) is 10.8 Å². The van der Waals surface area contributed by atoms with E-state index in [1.165, 1.54) is 24.3 Å². The van der Waals surface area contributed by atoms with Gasteiger partial charge in [0.1, 0.15) is 5.82 Å². The number of nitrogens with two attached hydrogens (primary N) is 1. The van der Waals surface area contributed by atoms with Crippen molar-refractivity contribution in [3.8, 4) is 0 Å². The van der Waals surface area contributed by atoms with Gasteiger partial charge in [-0.3, -0.25) is 4.79 Å². The molecular formula is C8H7FN2OS. The molecular weight excluding hydrogens is 191 g/mol. The highest BCUT2D eigenvalue weighted by Gasteiger charge is 2.03. The smallest absolute Gasteiger partial charge is 0.282 e. The van der Waals surface area contributed by atoms with Gasteiger partial charge in [-0.1, -0.05) is 12.2 Å². The molecule has 5 heteroatoms. The summed E-state index contributed by atoms with van der Waals surface area (Å²) < 4.78 is 12.4. The molecule has 0 saturated heterocycles. The van der Waals surface area contributed by atoms with Gasteiger partial charge in [0.05, 0.1) is 0 Å². The Balaban J connectivity index is 2.70. The molecule has 0 aliphatic heterocycles. The normalized spacial score (nSPS) is 9.31. The van der Waals surface area contributed by atoms with Crippen LogP contribution < -0.4 is 11.1 Å². The number of nitrogens with one attached hydrogen (secondary N) is 1. The molecule has 1 amide bonds. The van der Waals surface area contributed by atoms with Crippen LogP contribution in [0, 0.1) is 5.82 Å². The quantitative estimate of drug-likeness (QED) is 0.663. The highest BCUT2D eigenvalue weighted by atomic mass is 32.1. The van der Waals surface area contributed by atoms with E-state index < -0.39 is 5.91 Å². The van der Waals surface area contributed by atoms with Gasteiger partial charge in [-0.05, 0) is 24.3 Å². The Hall–Kier alpha value is -1.49. The van der Waals surface area contributed by atoms with Crippen molar-refractivity contribution in [3.05, 3.63) is 30.1 Å². The van der Waals surface area contributed by atoms with Crippen LogP contribution in [-0.2, 0) is 4.79 Å². The fraction of sp³-hybridized carbons (Fsp3) is 0. The minimum atomic E-state index is -0.554. The number of carbonyl (C=O) groups is 1. The molecule has 3 N–H and O–H groups in total. The van der Waals surface area contributed by atoms with E-state index in [4.69, 9.17) is 5.73 Å². The number of carbonyl (C=O) groups excluding carboxylic acids is 1. The molecule has 0 atom stereocenters. The van der Waals surface area contributed by atoms with Crippen molar-refractivity contribution in [1.82, 2.24) is 0 Å². The van der Waals surface area contributed by atoms with Crippen LogP contribution in [-0.4, -0.2) is 10.9 Å². The van der Waals surface area contributed by atoms with E-state index >= 15 is 0 Å². The molecule has 68 valence electrons. The summed E-state index contributed by atoms with van der Waals surface area (Å²) in [6.45, 7) is 0. The predicted octanol–water partition coefficient (Wildman–Crippen LogP) is 1.05. The minimum absolute atomic E-state index is 0.246. The highest BCUT2D eigenvalue weighted by molar-refractivity contribution is 7.82. The summed E-state index contributed by atoms with van der Waals surface area (Å²) in [5.41, 5.74) is 5.52. The molecule has 1 rings (SSSR count). The molecule has 13 heavy (non-hydrogen) atoms. The number of thiocarbonyl (C=S) groups is 1. The maximum Gasteiger partial charge on any atom is 0.282 e. The van der Waals surface area contributed by atoms with Gasteiger partial charge < -0.3 is 11.1 Å². The minimum Gasteiger partial charge on any atom is -0.385 e. The molecule has 0 aliphatic rings. The number of benzene rings is 1. The lowest BCUT2D eigenvalue weighted by Gasteiger charge is -2.02. The molecule has 0 heterocycles. The summed E-state index contributed by atoms with van der Waals surface area (Å²) in [7, 11) is 0. The van der Waals surface area contributed by atoms with Crippen molar-refractivity contribution in [1.29, 1.82) is 0 Å². The zero-order valence-electron chi connectivity index (χ0n) is 6.58. The molecule has 0 fully saturated rings. The molecule has 3 nitrogen and oxygen atoms in total. The van der Waals surface area contributed by atoms with E-state index in [0.717, 1.165) is 0 Å². The SMILES string of the molecule is NC(=S)C(=O)Nc1ccc(F)cc1. The van der Waals surface area contributed by atoms with E-state index in [1.807, 2.05) is 0 Å². The molecule has 1 aromatic carbocycles. The summed E-state index contributed by atoms with van der Waals surface area (Å²) in [6.07, 6.45) is 0. The summed E-state index contributed by atoms with van der Waals surface area (Å²) in [6, 6.07) is 5.31. The van der Waals surface area contributed by atoms with Gasteiger partial charge in [0, 0.05) is 5.69 Å². The Bertz CT molecular complexity index is 337. The van der Waals surface area contributed by atoms with Crippen molar-refractivity contribution < 1.29 is 9.18 Å². The lowest BCUT2D eigenvalue weighted by atomic mass is 10.3. The third kappa shape index (κ3) is 2.79. The van der Waals surface area contributed by atoms with Crippen molar-refractivity contribution in [2.45, 2.75) is 0 Å². The molecule has 0 radical (unpaired) electrons. The molecule has 0 bridgehead atoms. The van der Waals surface area contributed by atoms with Gasteiger partial charge >= 0.3 is 0 Å². The van der Waals surface area contributed by atoms with Crippen LogP contribution in [0.2, 0.25) is 0 Å². The average Bonchev–Trinajstić information content (AvgIpc) is 2.08. The van der Waals surface area contributed by atoms with E-state index in [1.54, 1.807) is 0 Å². The van der Waals surface area contributed by atoms with Crippen molar-refractivity contribution in [2.75, 3.05) is 5.32 Å². The number of halogens is 1. The Morgan fingerprint density at radius 2 is 1.92 bits per heavy atom. The van der Waals surface area contributed by atoms with Crippen LogP contribution in [0.1, 0.15) is 0 Å². The van der Waals surface area contributed by atoms with E-state index in [9.17, 15) is 9.18 Å². The fourth-order valence-corrected chi connectivity index (χ4v) is 0.777. The second-order valence-electron chi connectivity index (χ2n) is 2.33. The summed E-state index contributed by atoms with van der Waals surface area (Å²) in [5.74, 6) is -0.921. The van der Waals surface area contributed by atoms with Gasteiger partial charge in [0.15, 0.2) is 4.99 Å². The van der Waals surface area contributed by atoms with Crippen LogP contribution >= 0.6 is 12.2 Å². The number of amides is 1. The second-order valence-corrected chi connectivity index (χ2v) is 2.77. The van der Waals surface area contributed by atoms with Crippen molar-refractivity contribution in [3.63, 3.8) is 0 Å². The monoisotopic (exact) mass is 198 g/mol. The lowest BCUT2D eigenvalue weighted by Crippen LogP contribution is -2.27. The summed E-state index contributed by atoms with van der Waals surface area (Å²) in [4.78, 5) is 10.7. The number of hydrogen-bond donors (Lipinski definition) is 2. The van der Waals surface area contributed by atoms with Crippen LogP contribution in [0.3, 0.4) is 0 Å². The Kier molecular flexibility index (Phi) is 2.92. The molecule has 0 unspecified atom stereocenters. The molecule has 0 saturated carbocycles. The zero-order chi connectivity index (χ0) is 9.84. The zero-order valence-corrected chi connectivity index (χ0v) is 7.40. The highest BCUT2D eigenvalue weighted by Crippen LogP contribution is 2.07. The first-order valence-electron chi connectivity index (χ1n) is 3.46. The van der Waals surface area contributed by atoms with Crippen LogP contribution in [0.15, 0.2) is 24.3 Å². The third-order valence-electron chi connectivity index (χ3n) is 1.33. The molecule has 0 spiro atoms. The van der Waals surface area contributed by atoms with Crippen molar-refractivity contribution >= 4 is 28.8 Å². The Labute approximate surface area is 79.7 Å². The standard InChI is InChI=1S/C8H7FN2OS/c9-5-1-3-6(4-2-5)11-8(12)7(10)13/h1-4H,(H2,10,13)(H,11,12). The predicted molar refractivity (Wildman–Crippen MR) is 51.8 cm³/mol. The Morgan fingerprint density at radius 1 is 1.38 bits per heavy atom. The average molecular weight is 198 g/mol. The summed E-state index contributed by atoms with van der Waals surface area (Å²) >= 11 is 4.43. The number of hydrogen-bond acceptors (Lipinski definition) is 2. The molecule has 1 aromatic rings. The van der Waals surface area contributed by atoms with Crippen LogP contribution in [0.4, 0.5) is 10.1 Å². The number of anilines is 1. The van der Waals surface area contributed by atoms with Gasteiger partial charge in [-0.25, -0.2) is 4.39 Å². The van der Waals surface area contributed by atoms with Gasteiger partial charge in [0.25, 0.3) is 5.91 Å². The first-order chi connectivity index (χ1) is 6.09. The number of rotatable bonds is 1. The molecule has 0 aromatic heterocycles. The lowest BCUT2D eigenvalue weighted by molar-refractivity contribution is -0.110. The first-order valence-corrected chi connectivity index (χ1v) is 3.87. The van der Waals surface area contributed by atoms with Crippen LogP contribution in [0.5, 0.6) is 0 Å². The maximum absolute atomic E-state index is 12.4. The molecule has 0 aliphatic carbocycles. The van der Waals surface area contributed by atoms with Gasteiger partial charge in [0.2, 0.25) is 0 Å². The van der Waals surface area contributed by atoms with E-state index in [0.29, 0.717) is 5.69 Å². The van der Waals surface area contributed by atoms with Gasteiger partial charge in [-0.15, -0.1) is 0 Å². The maximum atomic E-state index is 12.4. The van der Waals surface area contributed by atoms with Crippen LogP contribution in [0.25, 0.3) is 0 Å². The fourth-order valence-electron chi connectivity index (χ4n) is 0.726. The third-order valence-corrected chi connectivity index (χ3v) is 1.51.